The third-order valence-corrected chi connectivity index (χ3v) is 10.2. The first-order chi connectivity index (χ1) is 15.8. The van der Waals surface area contributed by atoms with Gasteiger partial charge in [0, 0.05) is 36.3 Å². The third-order valence-electron chi connectivity index (χ3n) is 6.46. The van der Waals surface area contributed by atoms with Crippen LogP contribution in [0.2, 0.25) is 23.2 Å². The lowest BCUT2D eigenvalue weighted by atomic mass is 9.91. The molecule has 0 aliphatic heterocycles. The molecule has 3 nitrogen and oxygen atoms in total. The second-order valence-electron chi connectivity index (χ2n) is 8.42. The number of benzene rings is 2. The lowest BCUT2D eigenvalue weighted by molar-refractivity contribution is -0.143. The van der Waals surface area contributed by atoms with Gasteiger partial charge in [-0.15, -0.1) is 0 Å². The Kier molecular flexibility index (Phi) is 10.6. The maximum Gasteiger partial charge on any atom is 0.325 e. The summed E-state index contributed by atoms with van der Waals surface area (Å²) in [5, 5.41) is 1.49. The van der Waals surface area contributed by atoms with Gasteiger partial charge in [-0.2, -0.15) is 0 Å². The first-order valence-corrected chi connectivity index (χ1v) is 14.8. The third kappa shape index (κ3) is 6.94. The lowest BCUT2D eigenvalue weighted by Crippen LogP contribution is -2.14. The summed E-state index contributed by atoms with van der Waals surface area (Å²) in [5.74, 6) is -0.571. The van der Waals surface area contributed by atoms with Gasteiger partial charge >= 0.3 is 5.97 Å². The molecule has 1 heterocycles. The van der Waals surface area contributed by atoms with Crippen molar-refractivity contribution in [2.45, 2.75) is 72.1 Å². The Balaban J connectivity index is 0.000000479. The summed E-state index contributed by atoms with van der Waals surface area (Å²) in [5.41, 5.74) is 3.84. The Bertz CT molecular complexity index is 1040. The number of rotatable bonds is 8. The van der Waals surface area contributed by atoms with Crippen LogP contribution in [-0.4, -0.2) is 25.9 Å². The molecule has 3 aromatic rings. The van der Waals surface area contributed by atoms with E-state index in [-0.39, 0.29) is 33.0 Å². The molecule has 0 bridgehead atoms. The van der Waals surface area contributed by atoms with E-state index in [1.165, 1.54) is 30.3 Å². The zero-order valence-corrected chi connectivity index (χ0v) is 22.7. The average molecular weight is 490 g/mol. The van der Waals surface area contributed by atoms with E-state index in [1.54, 1.807) is 13.0 Å². The van der Waals surface area contributed by atoms with E-state index in [0.717, 1.165) is 27.7 Å². The molecule has 180 valence electrons. The van der Waals surface area contributed by atoms with E-state index in [4.69, 9.17) is 16.3 Å². The molecule has 0 N–H and O–H groups in total. The second kappa shape index (κ2) is 12.9. The summed E-state index contributed by atoms with van der Waals surface area (Å²) >= 11 is 6.00. The van der Waals surface area contributed by atoms with Crippen molar-refractivity contribution in [3.63, 3.8) is 0 Å². The number of esters is 1. The minimum absolute atomic E-state index is 0.0278. The van der Waals surface area contributed by atoms with Crippen LogP contribution in [0.1, 0.15) is 57.4 Å². The zero-order valence-electron chi connectivity index (χ0n) is 20.8. The maximum atomic E-state index is 13.9. The molecule has 0 saturated heterocycles. The number of aromatic nitrogens is 1. The smallest absolute Gasteiger partial charge is 0.325 e. The second-order valence-corrected chi connectivity index (χ2v) is 13.0. The van der Waals surface area contributed by atoms with Gasteiger partial charge in [-0.25, -0.2) is 4.39 Å². The highest BCUT2D eigenvalue weighted by molar-refractivity contribution is 6.58. The van der Waals surface area contributed by atoms with E-state index in [0.29, 0.717) is 11.6 Å². The first kappa shape index (κ1) is 27.1. The van der Waals surface area contributed by atoms with Gasteiger partial charge in [-0.05, 0) is 55.3 Å². The summed E-state index contributed by atoms with van der Waals surface area (Å²) in [6.45, 7) is 13.2. The predicted molar refractivity (Wildman–Crippen MR) is 141 cm³/mol. The molecule has 1 aromatic heterocycles. The number of fused-ring (bicyclic) bond motifs is 1. The van der Waals surface area contributed by atoms with Crippen molar-refractivity contribution in [1.29, 1.82) is 0 Å². The van der Waals surface area contributed by atoms with Crippen molar-refractivity contribution in [3.8, 4) is 0 Å². The predicted octanol–water partition coefficient (Wildman–Crippen LogP) is 7.73. The van der Waals surface area contributed by atoms with Gasteiger partial charge < -0.3 is 9.30 Å². The van der Waals surface area contributed by atoms with Crippen LogP contribution in [0, 0.1) is 12.7 Å². The SMILES string of the molecule is CCOC(=O)Cn1c(C)c(C(C)c2ccc(Cl)cc2)c2cc(F)ccc21.CC[SiH](CC)CC. The van der Waals surface area contributed by atoms with Gasteiger partial charge in [0.1, 0.15) is 12.4 Å². The summed E-state index contributed by atoms with van der Waals surface area (Å²) in [6, 6.07) is 16.8. The average Bonchev–Trinajstić information content (AvgIpc) is 3.06. The summed E-state index contributed by atoms with van der Waals surface area (Å²) in [4.78, 5) is 12.0. The van der Waals surface area contributed by atoms with E-state index >= 15 is 0 Å². The minimum Gasteiger partial charge on any atom is -0.465 e. The van der Waals surface area contributed by atoms with Gasteiger partial charge in [0.25, 0.3) is 0 Å². The van der Waals surface area contributed by atoms with E-state index in [9.17, 15) is 9.18 Å². The number of halogens is 2. The quantitative estimate of drug-likeness (QED) is 0.239. The topological polar surface area (TPSA) is 31.2 Å². The molecule has 1 unspecified atom stereocenters. The van der Waals surface area contributed by atoms with Crippen LogP contribution in [0.5, 0.6) is 0 Å². The summed E-state index contributed by atoms with van der Waals surface area (Å²) in [6.07, 6.45) is 0. The zero-order chi connectivity index (χ0) is 24.5. The Morgan fingerprint density at radius 1 is 1.06 bits per heavy atom. The van der Waals surface area contributed by atoms with Gasteiger partial charge in [-0.1, -0.05) is 69.6 Å². The molecule has 0 fully saturated rings. The van der Waals surface area contributed by atoms with Crippen LogP contribution in [0.15, 0.2) is 42.5 Å². The monoisotopic (exact) mass is 489 g/mol. The Hall–Kier alpha value is -2.11. The summed E-state index contributed by atoms with van der Waals surface area (Å²) in [7, 11) is -0.171. The number of nitrogens with zero attached hydrogens (tertiary/aromatic N) is 1. The largest absolute Gasteiger partial charge is 0.465 e. The first-order valence-electron chi connectivity index (χ1n) is 12.0. The van der Waals surface area contributed by atoms with E-state index in [1.807, 2.05) is 35.8 Å². The molecule has 33 heavy (non-hydrogen) atoms. The van der Waals surface area contributed by atoms with Crippen LogP contribution in [0.3, 0.4) is 0 Å². The maximum absolute atomic E-state index is 13.9. The molecule has 0 amide bonds. The highest BCUT2D eigenvalue weighted by Gasteiger charge is 2.22. The highest BCUT2D eigenvalue weighted by Crippen LogP contribution is 2.36. The van der Waals surface area contributed by atoms with Gasteiger partial charge in [0.2, 0.25) is 0 Å². The van der Waals surface area contributed by atoms with Crippen LogP contribution in [0.25, 0.3) is 10.9 Å². The molecule has 0 aliphatic carbocycles. The van der Waals surface area contributed by atoms with Crippen molar-refractivity contribution in [1.82, 2.24) is 4.57 Å². The highest BCUT2D eigenvalue weighted by atomic mass is 35.5. The molecule has 2 aromatic carbocycles. The molecular formula is C27H37ClFNO2Si. The van der Waals surface area contributed by atoms with Crippen LogP contribution in [-0.2, 0) is 16.1 Å². The number of ether oxygens (including phenoxy) is 1. The molecule has 0 spiro atoms. The van der Waals surface area contributed by atoms with Crippen molar-refractivity contribution >= 4 is 37.3 Å². The van der Waals surface area contributed by atoms with E-state index in [2.05, 4.69) is 27.7 Å². The molecule has 1 atom stereocenters. The number of carbonyl (C=O) groups is 1. The van der Waals surface area contributed by atoms with Crippen LogP contribution in [0.4, 0.5) is 4.39 Å². The molecule has 0 radical (unpaired) electrons. The van der Waals surface area contributed by atoms with Crippen molar-refractivity contribution in [3.05, 3.63) is 70.1 Å². The van der Waals surface area contributed by atoms with Crippen molar-refractivity contribution in [2.75, 3.05) is 6.61 Å². The standard InChI is InChI=1S/C21H21ClFNO2.C6H16Si/c1-4-26-20(25)12-24-14(3)21(18-11-17(23)9-10-19(18)24)13(2)15-5-7-16(22)8-6-15;1-4-7(5-2)6-3/h5-11,13H,4,12H2,1-3H3;7H,4-6H2,1-3H3. The van der Waals surface area contributed by atoms with Gasteiger partial charge in [-0.3, -0.25) is 4.79 Å². The van der Waals surface area contributed by atoms with Gasteiger partial charge in [0.05, 0.1) is 6.61 Å². The lowest BCUT2D eigenvalue weighted by Gasteiger charge is -2.14. The Morgan fingerprint density at radius 2 is 1.67 bits per heavy atom. The molecular weight excluding hydrogens is 453 g/mol. The summed E-state index contributed by atoms with van der Waals surface area (Å²) < 4.78 is 20.9. The Morgan fingerprint density at radius 3 is 2.18 bits per heavy atom. The number of carbonyl (C=O) groups excluding carboxylic acids is 1. The minimum atomic E-state index is -0.303. The molecule has 0 saturated carbocycles. The normalized spacial score (nSPS) is 11.9. The van der Waals surface area contributed by atoms with Crippen molar-refractivity contribution < 1.29 is 13.9 Å². The van der Waals surface area contributed by atoms with Crippen LogP contribution >= 0.6 is 11.6 Å². The van der Waals surface area contributed by atoms with Crippen LogP contribution < -0.4 is 0 Å². The fourth-order valence-corrected chi connectivity index (χ4v) is 6.21. The molecule has 6 heteroatoms. The van der Waals surface area contributed by atoms with E-state index < -0.39 is 0 Å². The molecule has 0 aliphatic rings. The fraction of sp³-hybridized carbons (Fsp3) is 0.444. The van der Waals surface area contributed by atoms with Gasteiger partial charge in [0.15, 0.2) is 0 Å². The number of hydrogen-bond donors (Lipinski definition) is 0. The Labute approximate surface area is 204 Å². The number of hydrogen-bond acceptors (Lipinski definition) is 2. The fourth-order valence-electron chi connectivity index (χ4n) is 4.35. The van der Waals surface area contributed by atoms with Crippen molar-refractivity contribution in [2.24, 2.45) is 0 Å². The molecule has 3 rings (SSSR count).